The van der Waals surface area contributed by atoms with Crippen LogP contribution in [0.2, 0.25) is 5.02 Å². The topological polar surface area (TPSA) is 56.0 Å². The molecule has 14 heavy (non-hydrogen) atoms. The number of pyridine rings is 1. The molecule has 0 saturated carbocycles. The number of hydrogen-bond donors (Lipinski definition) is 0. The van der Waals surface area contributed by atoms with Crippen LogP contribution in [0.4, 0.5) is 18.9 Å². The van der Waals surface area contributed by atoms with E-state index in [9.17, 15) is 23.3 Å². The van der Waals surface area contributed by atoms with Crippen molar-refractivity contribution < 1.29 is 18.1 Å². The molecule has 76 valence electrons. The number of nitro groups is 1. The molecule has 1 aromatic heterocycles. The fourth-order valence-corrected chi connectivity index (χ4v) is 1.03. The van der Waals surface area contributed by atoms with E-state index in [1.807, 2.05) is 0 Å². The van der Waals surface area contributed by atoms with E-state index in [4.69, 9.17) is 11.6 Å². The molecule has 1 heterocycles. The molecule has 0 aliphatic carbocycles. The summed E-state index contributed by atoms with van der Waals surface area (Å²) in [5.41, 5.74) is -2.03. The highest BCUT2D eigenvalue weighted by Crippen LogP contribution is 2.29. The second-order valence-electron chi connectivity index (χ2n) is 2.23. The fraction of sp³-hybridized carbons (Fsp3) is 0.167. The van der Waals surface area contributed by atoms with Crippen molar-refractivity contribution >= 4 is 17.3 Å². The normalized spacial score (nSPS) is 10.6. The Bertz CT molecular complexity index is 362. The second-order valence-corrected chi connectivity index (χ2v) is 2.63. The molecule has 0 unspecified atom stereocenters. The Morgan fingerprint density at radius 1 is 1.57 bits per heavy atom. The summed E-state index contributed by atoms with van der Waals surface area (Å²) in [6.07, 6.45) is -3.03. The molecule has 0 atom stereocenters. The molecule has 1 aromatic rings. The molecule has 8 heteroatoms. The van der Waals surface area contributed by atoms with Gasteiger partial charge in [-0.25, -0.2) is 13.8 Å². The molecule has 0 aliphatic heterocycles. The van der Waals surface area contributed by atoms with Crippen molar-refractivity contribution in [3.05, 3.63) is 32.8 Å². The summed E-state index contributed by atoms with van der Waals surface area (Å²) in [4.78, 5) is 11.8. The zero-order chi connectivity index (χ0) is 10.9. The van der Waals surface area contributed by atoms with Crippen molar-refractivity contribution in [2.75, 3.05) is 0 Å². The lowest BCUT2D eigenvalue weighted by Gasteiger charge is -2.00. The van der Waals surface area contributed by atoms with Crippen LogP contribution < -0.4 is 0 Å². The zero-order valence-corrected chi connectivity index (χ0v) is 7.13. The summed E-state index contributed by atoms with van der Waals surface area (Å²) < 4.78 is 36.8. The lowest BCUT2D eigenvalue weighted by Crippen LogP contribution is -2.00. The third-order valence-electron chi connectivity index (χ3n) is 1.33. The van der Waals surface area contributed by atoms with Gasteiger partial charge >= 0.3 is 5.69 Å². The quantitative estimate of drug-likeness (QED) is 0.443. The fourth-order valence-electron chi connectivity index (χ4n) is 0.770. The second kappa shape index (κ2) is 3.79. The third kappa shape index (κ3) is 1.92. The Balaban J connectivity index is 3.32. The number of rotatable bonds is 2. The number of nitrogens with zero attached hydrogens (tertiary/aromatic N) is 2. The van der Waals surface area contributed by atoms with Gasteiger partial charge in [0.2, 0.25) is 0 Å². The first-order chi connectivity index (χ1) is 6.43. The minimum Gasteiger partial charge on any atom is -0.258 e. The highest BCUT2D eigenvalue weighted by Gasteiger charge is 2.24. The lowest BCUT2D eigenvalue weighted by atomic mass is 10.3. The molecule has 0 N–H and O–H groups in total. The summed E-state index contributed by atoms with van der Waals surface area (Å²) in [7, 11) is 0. The first-order valence-electron chi connectivity index (χ1n) is 3.22. The molecular weight excluding hydrogens is 225 g/mol. The third-order valence-corrected chi connectivity index (χ3v) is 1.62. The minimum atomic E-state index is -3.03. The van der Waals surface area contributed by atoms with E-state index < -0.39 is 33.7 Å². The maximum Gasteiger partial charge on any atom is 0.342 e. The van der Waals surface area contributed by atoms with Gasteiger partial charge in [0.1, 0.15) is 10.7 Å². The standard InChI is InChI=1S/C6H2ClF3N2O2/c7-2-1-3(5(8)9)11-6(10)4(2)12(13)14/h1,5H. The van der Waals surface area contributed by atoms with E-state index in [-0.39, 0.29) is 0 Å². The van der Waals surface area contributed by atoms with Crippen LogP contribution in [0.1, 0.15) is 12.1 Å². The molecule has 0 spiro atoms. The lowest BCUT2D eigenvalue weighted by molar-refractivity contribution is -0.387. The molecule has 4 nitrogen and oxygen atoms in total. The largest absolute Gasteiger partial charge is 0.342 e. The summed E-state index contributed by atoms with van der Waals surface area (Å²) in [5.74, 6) is -1.61. The molecule has 0 aromatic carbocycles. The maximum absolute atomic E-state index is 12.8. The van der Waals surface area contributed by atoms with Crippen LogP contribution in [-0.4, -0.2) is 9.91 Å². The van der Waals surface area contributed by atoms with Crippen LogP contribution in [-0.2, 0) is 0 Å². The van der Waals surface area contributed by atoms with Crippen LogP contribution in [0.3, 0.4) is 0 Å². The van der Waals surface area contributed by atoms with E-state index in [0.29, 0.717) is 6.07 Å². The number of hydrogen-bond acceptors (Lipinski definition) is 3. The van der Waals surface area contributed by atoms with Gasteiger partial charge in [-0.2, -0.15) is 4.39 Å². The van der Waals surface area contributed by atoms with E-state index in [2.05, 4.69) is 4.98 Å². The average Bonchev–Trinajstić information content (AvgIpc) is 2.01. The van der Waals surface area contributed by atoms with E-state index >= 15 is 0 Å². The minimum absolute atomic E-state index is 0.563. The highest BCUT2D eigenvalue weighted by atomic mass is 35.5. The first kappa shape index (κ1) is 10.7. The monoisotopic (exact) mass is 226 g/mol. The average molecular weight is 227 g/mol. The molecular formula is C6H2ClF3N2O2. The molecule has 0 amide bonds. The van der Waals surface area contributed by atoms with E-state index in [1.165, 1.54) is 0 Å². The van der Waals surface area contributed by atoms with Crippen LogP contribution in [0.25, 0.3) is 0 Å². The molecule has 0 saturated heterocycles. The molecule has 0 aliphatic rings. The van der Waals surface area contributed by atoms with Crippen molar-refractivity contribution in [3.63, 3.8) is 0 Å². The van der Waals surface area contributed by atoms with Crippen molar-refractivity contribution in [1.29, 1.82) is 0 Å². The molecule has 1 rings (SSSR count). The number of alkyl halides is 2. The number of aromatic nitrogens is 1. The Morgan fingerprint density at radius 2 is 2.14 bits per heavy atom. The predicted molar refractivity (Wildman–Crippen MR) is 40.8 cm³/mol. The Labute approximate surface area is 80.5 Å². The van der Waals surface area contributed by atoms with Crippen LogP contribution in [0.15, 0.2) is 6.07 Å². The van der Waals surface area contributed by atoms with Gasteiger partial charge < -0.3 is 0 Å². The van der Waals surface area contributed by atoms with E-state index in [1.54, 1.807) is 0 Å². The Morgan fingerprint density at radius 3 is 2.50 bits per heavy atom. The summed E-state index contributed by atoms with van der Waals surface area (Å²) >= 11 is 5.22. The Hall–Kier alpha value is -1.37. The van der Waals surface area contributed by atoms with Gasteiger partial charge in [0.15, 0.2) is 0 Å². The smallest absolute Gasteiger partial charge is 0.258 e. The van der Waals surface area contributed by atoms with Crippen molar-refractivity contribution in [2.24, 2.45) is 0 Å². The Kier molecular flexibility index (Phi) is 2.90. The molecule has 0 radical (unpaired) electrons. The van der Waals surface area contributed by atoms with Gasteiger partial charge in [-0.15, -0.1) is 0 Å². The van der Waals surface area contributed by atoms with Crippen LogP contribution >= 0.6 is 11.6 Å². The van der Waals surface area contributed by atoms with Gasteiger partial charge in [0, 0.05) is 0 Å². The van der Waals surface area contributed by atoms with E-state index in [0.717, 1.165) is 0 Å². The van der Waals surface area contributed by atoms with Crippen LogP contribution in [0.5, 0.6) is 0 Å². The van der Waals surface area contributed by atoms with Crippen molar-refractivity contribution in [2.45, 2.75) is 6.43 Å². The highest BCUT2D eigenvalue weighted by molar-refractivity contribution is 6.32. The summed E-state index contributed by atoms with van der Waals surface area (Å²) in [6.45, 7) is 0. The van der Waals surface area contributed by atoms with Crippen LogP contribution in [0, 0.1) is 16.1 Å². The maximum atomic E-state index is 12.8. The van der Waals surface area contributed by atoms with Gasteiger partial charge in [-0.1, -0.05) is 11.6 Å². The van der Waals surface area contributed by atoms with Gasteiger partial charge in [0.05, 0.1) is 4.92 Å². The van der Waals surface area contributed by atoms with Gasteiger partial charge in [0.25, 0.3) is 12.4 Å². The van der Waals surface area contributed by atoms with Crippen molar-refractivity contribution in [3.8, 4) is 0 Å². The molecule has 0 bridgehead atoms. The van der Waals surface area contributed by atoms with Crippen molar-refractivity contribution in [1.82, 2.24) is 4.98 Å². The predicted octanol–water partition coefficient (Wildman–Crippen LogP) is 2.72. The number of halogens is 4. The summed E-state index contributed by atoms with van der Waals surface area (Å²) in [5, 5.41) is 9.48. The van der Waals surface area contributed by atoms with Gasteiger partial charge in [-0.3, -0.25) is 10.1 Å². The van der Waals surface area contributed by atoms with Gasteiger partial charge in [-0.05, 0) is 6.07 Å². The SMILES string of the molecule is O=[N+]([O-])c1c(Cl)cc(C(F)F)nc1F. The first-order valence-corrected chi connectivity index (χ1v) is 3.59. The summed E-state index contributed by atoms with van der Waals surface area (Å²) in [6, 6.07) is 0.563. The zero-order valence-electron chi connectivity index (χ0n) is 6.38. The molecule has 0 fully saturated rings.